The summed E-state index contributed by atoms with van der Waals surface area (Å²) in [5.41, 5.74) is 1.38. The second kappa shape index (κ2) is 5.28. The van der Waals surface area contributed by atoms with E-state index in [2.05, 4.69) is 33.8 Å². The van der Waals surface area contributed by atoms with Gasteiger partial charge < -0.3 is 9.47 Å². The molecule has 19 heavy (non-hydrogen) atoms. The number of ether oxygens (including phenoxy) is 2. The van der Waals surface area contributed by atoms with Crippen molar-refractivity contribution < 1.29 is 14.3 Å². The maximum absolute atomic E-state index is 11.2. The molecule has 1 aliphatic carbocycles. The summed E-state index contributed by atoms with van der Waals surface area (Å²) in [4.78, 5) is 11.2. The average molecular weight is 266 g/mol. The van der Waals surface area contributed by atoms with Gasteiger partial charge in [-0.3, -0.25) is 4.79 Å². The van der Waals surface area contributed by atoms with Crippen molar-refractivity contribution >= 4 is 5.97 Å². The molecule has 3 nitrogen and oxygen atoms in total. The van der Waals surface area contributed by atoms with Crippen LogP contribution < -0.4 is 0 Å². The lowest BCUT2D eigenvalue weighted by molar-refractivity contribution is -0.179. The number of hydrogen-bond acceptors (Lipinski definition) is 3. The van der Waals surface area contributed by atoms with Crippen LogP contribution in [0.1, 0.15) is 41.0 Å². The highest BCUT2D eigenvalue weighted by molar-refractivity contribution is 5.65. The second-order valence-corrected chi connectivity index (χ2v) is 6.28. The fourth-order valence-electron chi connectivity index (χ4n) is 3.99. The molecule has 1 fully saturated rings. The zero-order valence-corrected chi connectivity index (χ0v) is 12.7. The smallest absolute Gasteiger partial charge is 0.302 e. The molecular formula is C16H26O3. The van der Waals surface area contributed by atoms with Crippen LogP contribution in [0.25, 0.3) is 0 Å². The molecule has 1 heterocycles. The van der Waals surface area contributed by atoms with Gasteiger partial charge in [0.25, 0.3) is 0 Å². The summed E-state index contributed by atoms with van der Waals surface area (Å²) >= 11 is 0. The number of fused-ring (bicyclic) bond motifs is 2. The highest BCUT2D eigenvalue weighted by Gasteiger charge is 2.53. The number of carbonyl (C=O) groups is 1. The van der Waals surface area contributed by atoms with E-state index in [9.17, 15) is 4.79 Å². The normalized spacial score (nSPS) is 41.6. The van der Waals surface area contributed by atoms with E-state index in [0.29, 0.717) is 37.1 Å². The van der Waals surface area contributed by atoms with Crippen molar-refractivity contribution in [3.05, 3.63) is 11.6 Å². The molecule has 3 heteroatoms. The molecule has 0 amide bonds. The lowest BCUT2D eigenvalue weighted by Crippen LogP contribution is -2.56. The predicted molar refractivity (Wildman–Crippen MR) is 74.7 cm³/mol. The Labute approximate surface area is 116 Å². The van der Waals surface area contributed by atoms with E-state index >= 15 is 0 Å². The fraction of sp³-hybridized carbons (Fsp3) is 0.812. The Morgan fingerprint density at radius 1 is 1.53 bits per heavy atom. The minimum Gasteiger partial charge on any atom is -0.465 e. The van der Waals surface area contributed by atoms with Crippen LogP contribution in [0, 0.1) is 23.2 Å². The average Bonchev–Trinajstić information content (AvgIpc) is 2.34. The third-order valence-corrected chi connectivity index (χ3v) is 5.30. The first kappa shape index (κ1) is 14.6. The third kappa shape index (κ3) is 2.33. The monoisotopic (exact) mass is 266 g/mol. The van der Waals surface area contributed by atoms with Gasteiger partial charge in [0.05, 0.1) is 19.3 Å². The minimum atomic E-state index is -0.200. The number of rotatable bonds is 3. The van der Waals surface area contributed by atoms with Gasteiger partial charge in [-0.1, -0.05) is 32.4 Å². The lowest BCUT2D eigenvalue weighted by Gasteiger charge is -2.55. The maximum atomic E-state index is 11.2. The summed E-state index contributed by atoms with van der Waals surface area (Å²) in [6.07, 6.45) is 3.71. The molecule has 2 aliphatic rings. The predicted octanol–water partition coefficient (Wildman–Crippen LogP) is 3.19. The number of hydrogen-bond donors (Lipinski definition) is 0. The molecule has 2 bridgehead atoms. The van der Waals surface area contributed by atoms with E-state index in [1.54, 1.807) is 0 Å². The summed E-state index contributed by atoms with van der Waals surface area (Å²) in [6.45, 7) is 11.6. The van der Waals surface area contributed by atoms with Gasteiger partial charge in [-0.05, 0) is 25.2 Å². The van der Waals surface area contributed by atoms with Crippen LogP contribution in [-0.2, 0) is 14.3 Å². The molecule has 108 valence electrons. The standard InChI is InChI=1S/C16H26O3/c1-6-14-15-10(2)7-11(3)16(9-19-14,12(15)4)8-18-13(5)17/h7,11-12,14-15H,6,8-9H2,1-5H3/t11-,12-,14-,15-,16-/m1/s1. The van der Waals surface area contributed by atoms with E-state index in [1.807, 2.05) is 0 Å². The molecule has 0 saturated carbocycles. The summed E-state index contributed by atoms with van der Waals surface area (Å²) < 4.78 is 11.5. The van der Waals surface area contributed by atoms with Crippen molar-refractivity contribution in [3.8, 4) is 0 Å². The quantitative estimate of drug-likeness (QED) is 0.581. The Morgan fingerprint density at radius 3 is 2.79 bits per heavy atom. The summed E-state index contributed by atoms with van der Waals surface area (Å²) in [7, 11) is 0. The summed E-state index contributed by atoms with van der Waals surface area (Å²) in [5.74, 6) is 1.14. The molecule has 0 aromatic carbocycles. The van der Waals surface area contributed by atoms with Gasteiger partial charge in [0.1, 0.15) is 0 Å². The van der Waals surface area contributed by atoms with Gasteiger partial charge >= 0.3 is 5.97 Å². The summed E-state index contributed by atoms with van der Waals surface area (Å²) in [6, 6.07) is 0. The van der Waals surface area contributed by atoms with Crippen molar-refractivity contribution in [2.24, 2.45) is 23.2 Å². The topological polar surface area (TPSA) is 35.5 Å². The Balaban J connectivity index is 2.31. The minimum absolute atomic E-state index is 0.0541. The van der Waals surface area contributed by atoms with Gasteiger partial charge in [0.2, 0.25) is 0 Å². The molecule has 0 N–H and O–H groups in total. The van der Waals surface area contributed by atoms with Gasteiger partial charge in [-0.2, -0.15) is 0 Å². The number of allylic oxidation sites excluding steroid dienone is 1. The number of esters is 1. The van der Waals surface area contributed by atoms with Crippen LogP contribution >= 0.6 is 0 Å². The van der Waals surface area contributed by atoms with Crippen molar-refractivity contribution in [1.82, 2.24) is 0 Å². The highest BCUT2D eigenvalue weighted by atomic mass is 16.5. The van der Waals surface area contributed by atoms with Crippen LogP contribution in [-0.4, -0.2) is 25.3 Å². The van der Waals surface area contributed by atoms with Crippen LogP contribution in [0.3, 0.4) is 0 Å². The van der Waals surface area contributed by atoms with Gasteiger partial charge in [0.15, 0.2) is 0 Å². The second-order valence-electron chi connectivity index (χ2n) is 6.28. The van der Waals surface area contributed by atoms with Crippen LogP contribution in [0.4, 0.5) is 0 Å². The van der Waals surface area contributed by atoms with Crippen molar-refractivity contribution in [2.75, 3.05) is 13.2 Å². The van der Waals surface area contributed by atoms with E-state index < -0.39 is 0 Å². The Bertz CT molecular complexity index is 387. The lowest BCUT2D eigenvalue weighted by atomic mass is 9.56. The first-order valence-corrected chi connectivity index (χ1v) is 7.35. The van der Waals surface area contributed by atoms with Crippen molar-refractivity contribution in [3.63, 3.8) is 0 Å². The molecule has 0 aromatic heterocycles. The SMILES string of the molecule is CC[C@H]1OC[C@]2(COC(C)=O)[C@H](C)C=C(C)[C@@H]1[C@H]2C. The van der Waals surface area contributed by atoms with E-state index in [4.69, 9.17) is 9.47 Å². The molecule has 5 atom stereocenters. The Hall–Kier alpha value is -0.830. The van der Waals surface area contributed by atoms with Gasteiger partial charge in [0, 0.05) is 18.3 Å². The van der Waals surface area contributed by atoms with E-state index in [-0.39, 0.29) is 11.4 Å². The molecule has 0 radical (unpaired) electrons. The first-order chi connectivity index (χ1) is 8.92. The van der Waals surface area contributed by atoms with Gasteiger partial charge in [-0.15, -0.1) is 0 Å². The van der Waals surface area contributed by atoms with E-state index in [0.717, 1.165) is 6.42 Å². The van der Waals surface area contributed by atoms with Crippen LogP contribution in [0.2, 0.25) is 0 Å². The van der Waals surface area contributed by atoms with Crippen molar-refractivity contribution in [1.29, 1.82) is 0 Å². The Kier molecular flexibility index (Phi) is 4.05. The molecule has 1 saturated heterocycles. The highest BCUT2D eigenvalue weighted by Crippen LogP contribution is 2.53. The molecule has 1 aliphatic heterocycles. The molecule has 0 unspecified atom stereocenters. The number of carbonyl (C=O) groups excluding carboxylic acids is 1. The Morgan fingerprint density at radius 2 is 2.21 bits per heavy atom. The van der Waals surface area contributed by atoms with Crippen molar-refractivity contribution in [2.45, 2.75) is 47.1 Å². The third-order valence-electron chi connectivity index (χ3n) is 5.30. The molecule has 2 rings (SSSR count). The molecule has 0 spiro atoms. The largest absolute Gasteiger partial charge is 0.465 e. The van der Waals surface area contributed by atoms with Crippen LogP contribution in [0.15, 0.2) is 11.6 Å². The molecular weight excluding hydrogens is 240 g/mol. The first-order valence-electron chi connectivity index (χ1n) is 7.35. The fourth-order valence-corrected chi connectivity index (χ4v) is 3.99. The van der Waals surface area contributed by atoms with E-state index in [1.165, 1.54) is 12.5 Å². The maximum Gasteiger partial charge on any atom is 0.302 e. The van der Waals surface area contributed by atoms with Gasteiger partial charge in [-0.25, -0.2) is 0 Å². The summed E-state index contributed by atoms with van der Waals surface area (Å²) in [5, 5.41) is 0. The zero-order valence-electron chi connectivity index (χ0n) is 12.7. The molecule has 0 aromatic rings. The zero-order chi connectivity index (χ0) is 14.2. The van der Waals surface area contributed by atoms with Crippen LogP contribution in [0.5, 0.6) is 0 Å².